The van der Waals surface area contributed by atoms with Gasteiger partial charge < -0.3 is 29.2 Å². The fourth-order valence-electron chi connectivity index (χ4n) is 7.10. The number of amides is 2. The molecule has 0 bridgehead atoms. The Balaban J connectivity index is 0.794. The quantitative estimate of drug-likeness (QED) is 0.131. The normalized spacial score (nSPS) is 19.2. The first kappa shape index (κ1) is 32.2. The summed E-state index contributed by atoms with van der Waals surface area (Å²) in [6.45, 7) is 1.05. The van der Waals surface area contributed by atoms with Crippen molar-refractivity contribution in [2.75, 3.05) is 13.1 Å². The summed E-state index contributed by atoms with van der Waals surface area (Å²) in [5.74, 6) is 1.58. The summed E-state index contributed by atoms with van der Waals surface area (Å²) >= 11 is 0. The Bertz CT molecular complexity index is 1840. The molecule has 49 heavy (non-hydrogen) atoms. The SMILES string of the molecule is O=C(NCCCc1cccc(CCCNC(=O)O[C@H]2C[C@@H](c3ccccc3)n3ccnc32)c1)O[C@H]1C[C@@H](Cc2ccccc2)n2ccnc21. The number of hydrogen-bond donors (Lipinski definition) is 2. The topological polar surface area (TPSA) is 112 Å². The average molecular weight is 659 g/mol. The molecule has 2 amide bonds. The van der Waals surface area contributed by atoms with Crippen LogP contribution < -0.4 is 10.6 Å². The van der Waals surface area contributed by atoms with E-state index in [1.54, 1.807) is 12.4 Å². The Kier molecular flexibility index (Phi) is 10.0. The third kappa shape index (κ3) is 7.85. The maximum absolute atomic E-state index is 12.7. The van der Waals surface area contributed by atoms with Crippen molar-refractivity contribution in [3.8, 4) is 0 Å². The number of carbonyl (C=O) groups excluding carboxylic acids is 2. The molecule has 4 heterocycles. The van der Waals surface area contributed by atoms with Crippen molar-refractivity contribution in [1.29, 1.82) is 0 Å². The van der Waals surface area contributed by atoms with Gasteiger partial charge in [0.25, 0.3) is 0 Å². The predicted octanol–water partition coefficient (Wildman–Crippen LogP) is 7.06. The van der Waals surface area contributed by atoms with Crippen LogP contribution in [0.5, 0.6) is 0 Å². The van der Waals surface area contributed by atoms with Gasteiger partial charge in [-0.15, -0.1) is 0 Å². The Labute approximate surface area is 286 Å². The van der Waals surface area contributed by atoms with Gasteiger partial charge in [0.1, 0.15) is 5.82 Å². The van der Waals surface area contributed by atoms with Crippen molar-refractivity contribution in [3.63, 3.8) is 0 Å². The van der Waals surface area contributed by atoms with Crippen LogP contribution in [0.2, 0.25) is 0 Å². The second-order valence-electron chi connectivity index (χ2n) is 12.8. The minimum absolute atomic E-state index is 0.107. The van der Waals surface area contributed by atoms with Crippen LogP contribution in [-0.2, 0) is 28.7 Å². The second-order valence-corrected chi connectivity index (χ2v) is 12.8. The first-order valence-corrected chi connectivity index (χ1v) is 17.2. The Morgan fingerprint density at radius 2 is 1.22 bits per heavy atom. The summed E-state index contributed by atoms with van der Waals surface area (Å²) in [5.41, 5.74) is 4.86. The third-order valence-electron chi connectivity index (χ3n) is 9.44. The first-order chi connectivity index (χ1) is 24.1. The maximum atomic E-state index is 12.7. The van der Waals surface area contributed by atoms with Crippen molar-refractivity contribution >= 4 is 12.2 Å². The number of ether oxygens (including phenoxy) is 2. The Hall–Kier alpha value is -5.38. The van der Waals surface area contributed by atoms with Gasteiger partial charge in [0.15, 0.2) is 18.0 Å². The van der Waals surface area contributed by atoms with Gasteiger partial charge >= 0.3 is 12.2 Å². The molecule has 252 valence electrons. The summed E-state index contributed by atoms with van der Waals surface area (Å²) in [7, 11) is 0. The van der Waals surface area contributed by atoms with Crippen LogP contribution >= 0.6 is 0 Å². The van der Waals surface area contributed by atoms with E-state index in [2.05, 4.69) is 78.3 Å². The van der Waals surface area contributed by atoms with E-state index in [9.17, 15) is 9.59 Å². The molecule has 0 unspecified atom stereocenters. The number of carbonyl (C=O) groups is 2. The van der Waals surface area contributed by atoms with E-state index in [0.717, 1.165) is 50.2 Å². The second kappa shape index (κ2) is 15.2. The number of fused-ring (bicyclic) bond motifs is 2. The molecular formula is C39H42N6O4. The first-order valence-electron chi connectivity index (χ1n) is 17.2. The molecule has 0 radical (unpaired) electrons. The fourth-order valence-corrected chi connectivity index (χ4v) is 7.10. The highest BCUT2D eigenvalue weighted by atomic mass is 16.6. The lowest BCUT2D eigenvalue weighted by atomic mass is 10.0. The van der Waals surface area contributed by atoms with E-state index in [0.29, 0.717) is 19.5 Å². The molecule has 0 spiro atoms. The number of aromatic nitrogens is 4. The molecule has 0 fully saturated rings. The van der Waals surface area contributed by atoms with E-state index >= 15 is 0 Å². The Morgan fingerprint density at radius 1 is 0.673 bits per heavy atom. The summed E-state index contributed by atoms with van der Waals surface area (Å²) < 4.78 is 15.8. The largest absolute Gasteiger partial charge is 0.438 e. The molecular weight excluding hydrogens is 616 g/mol. The highest BCUT2D eigenvalue weighted by Gasteiger charge is 2.36. The third-order valence-corrected chi connectivity index (χ3v) is 9.44. The van der Waals surface area contributed by atoms with Gasteiger partial charge in [0.2, 0.25) is 0 Å². The lowest BCUT2D eigenvalue weighted by molar-refractivity contribution is 0.0931. The number of hydrogen-bond acceptors (Lipinski definition) is 6. The van der Waals surface area contributed by atoms with Gasteiger partial charge in [-0.3, -0.25) is 0 Å². The summed E-state index contributed by atoms with van der Waals surface area (Å²) in [6, 6.07) is 29.4. The molecule has 5 aromatic rings. The lowest BCUT2D eigenvalue weighted by Crippen LogP contribution is -2.27. The van der Waals surface area contributed by atoms with Crippen LogP contribution in [0, 0.1) is 0 Å². The van der Waals surface area contributed by atoms with E-state index in [-0.39, 0.29) is 24.3 Å². The molecule has 7 rings (SSSR count). The fraction of sp³-hybridized carbons (Fsp3) is 0.333. The zero-order chi connectivity index (χ0) is 33.4. The minimum atomic E-state index is -0.418. The predicted molar refractivity (Wildman–Crippen MR) is 185 cm³/mol. The molecule has 2 N–H and O–H groups in total. The van der Waals surface area contributed by atoms with Crippen LogP contribution in [0.4, 0.5) is 9.59 Å². The van der Waals surface area contributed by atoms with Crippen LogP contribution in [0.25, 0.3) is 0 Å². The van der Waals surface area contributed by atoms with Crippen molar-refractivity contribution in [1.82, 2.24) is 29.7 Å². The van der Waals surface area contributed by atoms with Crippen LogP contribution in [0.3, 0.4) is 0 Å². The molecule has 2 aromatic heterocycles. The molecule has 0 saturated heterocycles. The molecule has 0 saturated carbocycles. The molecule has 0 aliphatic carbocycles. The Morgan fingerprint density at radius 3 is 1.88 bits per heavy atom. The molecule has 10 heteroatoms. The summed E-state index contributed by atoms with van der Waals surface area (Å²) in [4.78, 5) is 34.2. The number of benzene rings is 3. The van der Waals surface area contributed by atoms with Crippen LogP contribution in [0.1, 0.15) is 83.9 Å². The number of rotatable bonds is 13. The zero-order valence-corrected chi connectivity index (χ0v) is 27.5. The highest BCUT2D eigenvalue weighted by Crippen LogP contribution is 2.40. The standard InChI is InChI=1S/C39H42N6O4/c46-38(48-34-26-32(44-22-20-40-36(34)44)25-30-10-3-1-4-11-30)42-18-8-14-28-12-7-13-29(24-28)15-9-19-43-39(47)49-35-27-33(31-16-5-2-6-17-31)45-23-21-41-37(35)45/h1-7,10-13,16-17,20-24,32-35H,8-9,14-15,18-19,25-27H2,(H,42,46)(H,43,47)/t32-,33+,34+,35+/m1/s1. The highest BCUT2D eigenvalue weighted by molar-refractivity contribution is 5.68. The van der Waals surface area contributed by atoms with Gasteiger partial charge in [-0.25, -0.2) is 19.6 Å². The van der Waals surface area contributed by atoms with Crippen LogP contribution in [0.15, 0.2) is 110 Å². The molecule has 10 nitrogen and oxygen atoms in total. The van der Waals surface area contributed by atoms with Gasteiger partial charge in [-0.05, 0) is 54.4 Å². The number of nitrogens with zero attached hydrogens (tertiary/aromatic N) is 4. The monoisotopic (exact) mass is 658 g/mol. The van der Waals surface area contributed by atoms with Crippen molar-refractivity contribution in [2.45, 2.75) is 69.2 Å². The van der Waals surface area contributed by atoms with Crippen LogP contribution in [-0.4, -0.2) is 44.4 Å². The van der Waals surface area contributed by atoms with Crippen molar-refractivity contribution in [2.24, 2.45) is 0 Å². The van der Waals surface area contributed by atoms with E-state index < -0.39 is 12.2 Å². The molecule has 2 aliphatic rings. The average Bonchev–Trinajstić information content (AvgIpc) is 3.92. The van der Waals surface area contributed by atoms with Crippen molar-refractivity contribution < 1.29 is 19.1 Å². The number of alkyl carbamates (subject to hydrolysis) is 2. The molecule has 3 aromatic carbocycles. The lowest BCUT2D eigenvalue weighted by Gasteiger charge is -2.14. The smallest absolute Gasteiger partial charge is 0.407 e. The number of aryl methyl sites for hydroxylation is 2. The van der Waals surface area contributed by atoms with Gasteiger partial charge in [-0.1, -0.05) is 84.9 Å². The van der Waals surface area contributed by atoms with Gasteiger partial charge in [-0.2, -0.15) is 0 Å². The zero-order valence-electron chi connectivity index (χ0n) is 27.5. The minimum Gasteiger partial charge on any atom is -0.438 e. The number of nitrogens with one attached hydrogen (secondary N) is 2. The maximum Gasteiger partial charge on any atom is 0.407 e. The van der Waals surface area contributed by atoms with Crippen molar-refractivity contribution in [3.05, 3.63) is 144 Å². The van der Waals surface area contributed by atoms with E-state index in [1.165, 1.54) is 22.3 Å². The van der Waals surface area contributed by atoms with E-state index in [4.69, 9.17) is 9.47 Å². The van der Waals surface area contributed by atoms with Gasteiger partial charge in [0.05, 0.1) is 6.04 Å². The van der Waals surface area contributed by atoms with Gasteiger partial charge in [0, 0.05) is 56.8 Å². The van der Waals surface area contributed by atoms with E-state index in [1.807, 2.05) is 48.8 Å². The summed E-state index contributed by atoms with van der Waals surface area (Å²) in [6.07, 6.45) is 11.4. The molecule has 4 atom stereocenters. The number of imidazole rings is 2. The molecule has 2 aliphatic heterocycles. The summed E-state index contributed by atoms with van der Waals surface area (Å²) in [5, 5.41) is 5.83.